The van der Waals surface area contributed by atoms with Gasteiger partial charge in [-0.05, 0) is 72.4 Å². The van der Waals surface area contributed by atoms with E-state index >= 15 is 4.79 Å². The Balaban J connectivity index is 1.29. The molecular weight excluding hydrogens is 693 g/mol. The molecule has 3 fully saturated rings. The van der Waals surface area contributed by atoms with E-state index < -0.39 is 46.8 Å². The van der Waals surface area contributed by atoms with E-state index in [0.717, 1.165) is 16.1 Å². The van der Waals surface area contributed by atoms with Crippen molar-refractivity contribution in [1.82, 2.24) is 9.91 Å². The number of nitrogens with zero attached hydrogens (tertiary/aromatic N) is 2. The molecule has 4 amide bonds. The van der Waals surface area contributed by atoms with E-state index in [1.165, 1.54) is 11.0 Å². The highest BCUT2D eigenvalue weighted by atomic mass is 35.5. The number of carbonyl (C=O) groups excluding carboxylic acids is 4. The maximum Gasteiger partial charge on any atom is 0.260 e. The average Bonchev–Trinajstić information content (AvgIpc) is 3.78. The van der Waals surface area contributed by atoms with Crippen molar-refractivity contribution in [1.29, 1.82) is 0 Å². The third kappa shape index (κ3) is 5.11. The number of amides is 4. The van der Waals surface area contributed by atoms with Gasteiger partial charge < -0.3 is 14.3 Å². The maximum absolute atomic E-state index is 15.2. The van der Waals surface area contributed by atoms with Gasteiger partial charge in [0.25, 0.3) is 11.8 Å². The molecule has 2 N–H and O–H groups in total. The van der Waals surface area contributed by atoms with Crippen LogP contribution in [0.2, 0.25) is 10.0 Å². The zero-order valence-corrected chi connectivity index (χ0v) is 28.9. The lowest BCUT2D eigenvalue weighted by Crippen LogP contribution is -2.53. The van der Waals surface area contributed by atoms with Gasteiger partial charge in [0.1, 0.15) is 29.3 Å². The van der Waals surface area contributed by atoms with Gasteiger partial charge in [-0.25, -0.2) is 0 Å². The molecule has 2 aliphatic carbocycles. The number of carbonyl (C=O) groups is 4. The van der Waals surface area contributed by atoms with Crippen molar-refractivity contribution in [2.45, 2.75) is 37.3 Å². The molecule has 3 heterocycles. The molecule has 10 nitrogen and oxygen atoms in total. The molecule has 0 spiro atoms. The Hall–Kier alpha value is -4.90. The van der Waals surface area contributed by atoms with Crippen LogP contribution >= 0.6 is 23.2 Å². The summed E-state index contributed by atoms with van der Waals surface area (Å²) in [4.78, 5) is 59.6. The number of anilines is 1. The quantitative estimate of drug-likeness (QED) is 0.161. The van der Waals surface area contributed by atoms with E-state index in [4.69, 9.17) is 32.4 Å². The molecule has 51 heavy (non-hydrogen) atoms. The summed E-state index contributed by atoms with van der Waals surface area (Å²) < 4.78 is 11.7. The predicted molar refractivity (Wildman–Crippen MR) is 187 cm³/mol. The van der Waals surface area contributed by atoms with Crippen LogP contribution in [0.25, 0.3) is 0 Å². The van der Waals surface area contributed by atoms with Crippen molar-refractivity contribution < 1.29 is 33.4 Å². The van der Waals surface area contributed by atoms with E-state index in [9.17, 15) is 19.5 Å². The molecule has 1 aromatic heterocycles. The number of aliphatic hydroxyl groups excluding tert-OH is 1. The molecule has 3 aromatic carbocycles. The third-order valence-corrected chi connectivity index (χ3v) is 11.5. The topological polar surface area (TPSA) is 129 Å². The Morgan fingerprint density at radius 3 is 2.37 bits per heavy atom. The van der Waals surface area contributed by atoms with Crippen LogP contribution in [0.15, 0.2) is 101 Å². The van der Waals surface area contributed by atoms with E-state index in [0.29, 0.717) is 27.8 Å². The Labute approximate surface area is 303 Å². The van der Waals surface area contributed by atoms with Crippen molar-refractivity contribution in [3.05, 3.63) is 129 Å². The molecule has 8 rings (SSSR count). The van der Waals surface area contributed by atoms with Gasteiger partial charge in [0.05, 0.1) is 48.0 Å². The second-order valence-electron chi connectivity index (χ2n) is 13.4. The number of benzene rings is 3. The number of fused-ring (bicyclic) bond motifs is 4. The number of allylic oxidation sites excluding steroid dienone is 2. The molecule has 2 aliphatic heterocycles. The van der Waals surface area contributed by atoms with E-state index in [2.05, 4.69) is 5.43 Å². The fourth-order valence-corrected chi connectivity index (χ4v) is 9.22. The van der Waals surface area contributed by atoms with Crippen LogP contribution in [-0.2, 0) is 37.7 Å². The Morgan fingerprint density at radius 1 is 0.922 bits per heavy atom. The van der Waals surface area contributed by atoms with Crippen LogP contribution in [0.5, 0.6) is 5.75 Å². The standard InChI is InChI=1S/C39H33Cl2N3O7/c1-50-24-10-7-22(8-11-24)39-29(36(47)44(38(39)49)42-31-15-9-23(40)17-30(31)41)18-28-26(34(39)32-16-12-25(20-45)51-32)13-14-27-33(28)37(48)43(35(27)46)19-21-5-3-2-4-6-21/h2-13,15-17,27-29,33-34,42,45H,14,18-20H2,1H3/t27-,28+,29-,33-,34+,39+/m0/s1. The zero-order valence-electron chi connectivity index (χ0n) is 27.4. The lowest BCUT2D eigenvalue weighted by molar-refractivity contribution is -0.142. The third-order valence-electron chi connectivity index (χ3n) is 11.0. The summed E-state index contributed by atoms with van der Waals surface area (Å²) in [5.41, 5.74) is 3.85. The van der Waals surface area contributed by atoms with Crippen molar-refractivity contribution >= 4 is 52.5 Å². The molecule has 4 aromatic rings. The summed E-state index contributed by atoms with van der Waals surface area (Å²) in [6.45, 7) is -0.235. The average molecular weight is 727 g/mol. The van der Waals surface area contributed by atoms with Crippen LogP contribution in [0.4, 0.5) is 5.69 Å². The van der Waals surface area contributed by atoms with Gasteiger partial charge >= 0.3 is 0 Å². The second-order valence-corrected chi connectivity index (χ2v) is 14.3. The molecule has 6 atom stereocenters. The van der Waals surface area contributed by atoms with E-state index in [1.807, 2.05) is 36.4 Å². The first-order valence-corrected chi connectivity index (χ1v) is 17.5. The molecule has 2 saturated heterocycles. The van der Waals surface area contributed by atoms with Gasteiger partial charge in [-0.3, -0.25) is 29.5 Å². The number of methoxy groups -OCH3 is 1. The molecule has 4 aliphatic rings. The number of hydrazine groups is 1. The van der Waals surface area contributed by atoms with Gasteiger partial charge in [0, 0.05) is 5.02 Å². The van der Waals surface area contributed by atoms with Crippen molar-refractivity contribution in [2.24, 2.45) is 23.7 Å². The summed E-state index contributed by atoms with van der Waals surface area (Å²) in [6.07, 6.45) is 2.36. The summed E-state index contributed by atoms with van der Waals surface area (Å²) >= 11 is 12.7. The van der Waals surface area contributed by atoms with Crippen LogP contribution < -0.4 is 10.2 Å². The second kappa shape index (κ2) is 12.7. The van der Waals surface area contributed by atoms with E-state index in [-0.39, 0.29) is 48.6 Å². The minimum Gasteiger partial charge on any atom is -0.497 e. The molecular formula is C39H33Cl2N3O7. The summed E-state index contributed by atoms with van der Waals surface area (Å²) in [5.74, 6) is -4.15. The Kier molecular flexibility index (Phi) is 8.28. The van der Waals surface area contributed by atoms with E-state index in [1.54, 1.807) is 55.6 Å². The Bertz CT molecular complexity index is 2100. The lowest BCUT2D eigenvalue weighted by Gasteiger charge is -2.49. The molecule has 0 radical (unpaired) electrons. The minimum atomic E-state index is -1.55. The summed E-state index contributed by atoms with van der Waals surface area (Å²) in [5, 5.41) is 11.6. The highest BCUT2D eigenvalue weighted by Gasteiger charge is 2.71. The monoisotopic (exact) mass is 725 g/mol. The number of rotatable bonds is 8. The first-order chi connectivity index (χ1) is 24.7. The maximum atomic E-state index is 15.2. The predicted octanol–water partition coefficient (Wildman–Crippen LogP) is 6.27. The number of hydrogen-bond acceptors (Lipinski definition) is 8. The largest absolute Gasteiger partial charge is 0.497 e. The number of hydrogen-bond donors (Lipinski definition) is 2. The number of halogens is 2. The smallest absolute Gasteiger partial charge is 0.260 e. The van der Waals surface area contributed by atoms with Crippen LogP contribution in [-0.4, -0.2) is 45.8 Å². The van der Waals surface area contributed by atoms with Crippen LogP contribution in [0.1, 0.15) is 41.4 Å². The molecule has 12 heteroatoms. The highest BCUT2D eigenvalue weighted by Crippen LogP contribution is 2.64. The number of nitrogens with one attached hydrogen (secondary N) is 1. The fourth-order valence-electron chi connectivity index (χ4n) is 8.77. The number of ether oxygens (including phenoxy) is 1. The van der Waals surface area contributed by atoms with Gasteiger partial charge in [0.15, 0.2) is 0 Å². The van der Waals surface area contributed by atoms with Gasteiger partial charge in [-0.15, -0.1) is 0 Å². The highest BCUT2D eigenvalue weighted by molar-refractivity contribution is 6.36. The van der Waals surface area contributed by atoms with Gasteiger partial charge in [-0.1, -0.05) is 77.3 Å². The first-order valence-electron chi connectivity index (χ1n) is 16.7. The van der Waals surface area contributed by atoms with Crippen molar-refractivity contribution in [3.8, 4) is 5.75 Å². The number of furan rings is 1. The molecule has 260 valence electrons. The van der Waals surface area contributed by atoms with Crippen LogP contribution in [0.3, 0.4) is 0 Å². The zero-order chi connectivity index (χ0) is 35.6. The molecule has 1 saturated carbocycles. The first kappa shape index (κ1) is 33.3. The van der Waals surface area contributed by atoms with Crippen molar-refractivity contribution in [2.75, 3.05) is 12.5 Å². The number of aliphatic hydroxyl groups is 1. The molecule has 0 unspecified atom stereocenters. The molecule has 0 bridgehead atoms. The normalized spacial score (nSPS) is 26.9. The van der Waals surface area contributed by atoms with Gasteiger partial charge in [0.2, 0.25) is 11.8 Å². The lowest BCUT2D eigenvalue weighted by atomic mass is 9.50. The van der Waals surface area contributed by atoms with Crippen molar-refractivity contribution in [3.63, 3.8) is 0 Å². The summed E-state index contributed by atoms with van der Waals surface area (Å²) in [7, 11) is 1.54. The minimum absolute atomic E-state index is 0.123. The SMILES string of the molecule is COc1ccc([C@@]23C(=O)N(Nc4ccc(Cl)cc4Cl)C(=O)[C@@H]2C[C@@H]2C(=CC[C@@H]4C(=O)N(Cc5ccccc5)C(=O)[C@@H]42)[C@@H]3c2ccc(CO)o2)cc1. The van der Waals surface area contributed by atoms with Gasteiger partial charge in [-0.2, -0.15) is 5.01 Å². The number of likely N-dealkylation sites (tertiary alicyclic amines) is 1. The fraction of sp³-hybridized carbons (Fsp3) is 0.282. The summed E-state index contributed by atoms with van der Waals surface area (Å²) in [6, 6.07) is 24.4. The Morgan fingerprint density at radius 2 is 1.69 bits per heavy atom. The van der Waals surface area contributed by atoms with Crippen LogP contribution in [0, 0.1) is 23.7 Å². The number of imide groups is 2.